The Bertz CT molecular complexity index is 761. The van der Waals surface area contributed by atoms with Gasteiger partial charge < -0.3 is 10.1 Å². The highest BCUT2D eigenvalue weighted by molar-refractivity contribution is 9.10. The molecule has 5 heteroatoms. The highest BCUT2D eigenvalue weighted by Gasteiger charge is 2.08. The minimum absolute atomic E-state index is 0.0663. The summed E-state index contributed by atoms with van der Waals surface area (Å²) < 4.78 is 5.97. The van der Waals surface area contributed by atoms with Gasteiger partial charge in [0.05, 0.1) is 7.11 Å². The molecule has 23 heavy (non-hydrogen) atoms. The van der Waals surface area contributed by atoms with E-state index < -0.39 is 5.91 Å². The van der Waals surface area contributed by atoms with Gasteiger partial charge in [0.15, 0.2) is 0 Å². The number of carbonyl (C=O) groups excluding carboxylic acids is 1. The van der Waals surface area contributed by atoms with Crippen LogP contribution in [0, 0.1) is 11.3 Å². The lowest BCUT2D eigenvalue weighted by Crippen LogP contribution is -2.23. The third-order valence-electron chi connectivity index (χ3n) is 3.14. The minimum Gasteiger partial charge on any atom is -0.497 e. The van der Waals surface area contributed by atoms with E-state index in [0.29, 0.717) is 6.54 Å². The van der Waals surface area contributed by atoms with Crippen LogP contribution in [0.2, 0.25) is 0 Å². The Labute approximate surface area is 143 Å². The zero-order valence-electron chi connectivity index (χ0n) is 12.5. The van der Waals surface area contributed by atoms with Crippen molar-refractivity contribution in [1.82, 2.24) is 5.32 Å². The Morgan fingerprint density at radius 2 is 2.04 bits per heavy atom. The van der Waals surface area contributed by atoms with Gasteiger partial charge in [-0.25, -0.2) is 0 Å². The number of amides is 1. The summed E-state index contributed by atoms with van der Waals surface area (Å²) in [6.45, 7) is 0.348. The number of halogens is 1. The van der Waals surface area contributed by atoms with Crippen LogP contribution >= 0.6 is 15.9 Å². The molecule has 1 N–H and O–H groups in total. The van der Waals surface area contributed by atoms with Crippen LogP contribution < -0.4 is 10.1 Å². The molecule has 0 heterocycles. The lowest BCUT2D eigenvalue weighted by atomic mass is 10.1. The van der Waals surface area contributed by atoms with Gasteiger partial charge in [-0.15, -0.1) is 0 Å². The Kier molecular flexibility index (Phi) is 5.95. The van der Waals surface area contributed by atoms with E-state index in [9.17, 15) is 10.1 Å². The van der Waals surface area contributed by atoms with Crippen molar-refractivity contribution in [2.75, 3.05) is 7.11 Å². The standard InChI is InChI=1S/C18H15BrN2O2/c1-23-17-7-5-13(6-8-17)12-21-18(22)15(11-20)9-14-3-2-4-16(19)10-14/h2-10H,12H2,1H3,(H,21,22)/b15-9+. The predicted octanol–water partition coefficient (Wildman–Crippen LogP) is 3.68. The molecule has 4 nitrogen and oxygen atoms in total. The fourth-order valence-corrected chi connectivity index (χ4v) is 2.35. The fourth-order valence-electron chi connectivity index (χ4n) is 1.93. The van der Waals surface area contributed by atoms with Crippen LogP contribution in [0.5, 0.6) is 5.75 Å². The summed E-state index contributed by atoms with van der Waals surface area (Å²) in [5, 5.41) is 11.9. The first-order valence-electron chi connectivity index (χ1n) is 6.91. The van der Waals surface area contributed by atoms with Crippen molar-refractivity contribution in [3.63, 3.8) is 0 Å². The lowest BCUT2D eigenvalue weighted by molar-refractivity contribution is -0.117. The number of benzene rings is 2. The van der Waals surface area contributed by atoms with E-state index in [1.807, 2.05) is 54.6 Å². The number of rotatable bonds is 5. The second kappa shape index (κ2) is 8.16. The van der Waals surface area contributed by atoms with E-state index in [-0.39, 0.29) is 5.57 Å². The van der Waals surface area contributed by atoms with Crippen molar-refractivity contribution in [2.24, 2.45) is 0 Å². The minimum atomic E-state index is -0.400. The molecule has 0 radical (unpaired) electrons. The SMILES string of the molecule is COc1ccc(CNC(=O)/C(C#N)=C/c2cccc(Br)c2)cc1. The molecule has 0 fully saturated rings. The summed E-state index contributed by atoms with van der Waals surface area (Å²) in [4.78, 5) is 12.1. The molecule has 0 aliphatic heterocycles. The van der Waals surface area contributed by atoms with Crippen molar-refractivity contribution in [1.29, 1.82) is 5.26 Å². The number of hydrogen-bond donors (Lipinski definition) is 1. The normalized spacial score (nSPS) is 10.7. The molecule has 0 atom stereocenters. The summed E-state index contributed by atoms with van der Waals surface area (Å²) in [6.07, 6.45) is 1.56. The van der Waals surface area contributed by atoms with E-state index in [1.165, 1.54) is 0 Å². The average Bonchev–Trinajstić information content (AvgIpc) is 2.58. The molecule has 0 saturated heterocycles. The Hall–Kier alpha value is -2.58. The van der Waals surface area contributed by atoms with Crippen molar-refractivity contribution in [2.45, 2.75) is 6.54 Å². The number of methoxy groups -OCH3 is 1. The number of nitrogens with zero attached hydrogens (tertiary/aromatic N) is 1. The lowest BCUT2D eigenvalue weighted by Gasteiger charge is -2.06. The number of nitrogens with one attached hydrogen (secondary N) is 1. The number of carbonyl (C=O) groups is 1. The van der Waals surface area contributed by atoms with Gasteiger partial charge in [0.1, 0.15) is 17.4 Å². The summed E-state index contributed by atoms with van der Waals surface area (Å²) in [7, 11) is 1.60. The number of nitriles is 1. The van der Waals surface area contributed by atoms with Gasteiger partial charge in [-0.2, -0.15) is 5.26 Å². The molecule has 0 saturated carbocycles. The van der Waals surface area contributed by atoms with Crippen LogP contribution in [0.4, 0.5) is 0 Å². The smallest absolute Gasteiger partial charge is 0.262 e. The Balaban J connectivity index is 2.04. The Morgan fingerprint density at radius 1 is 1.30 bits per heavy atom. The van der Waals surface area contributed by atoms with Crippen molar-refractivity contribution in [3.8, 4) is 11.8 Å². The summed E-state index contributed by atoms with van der Waals surface area (Å²) in [6, 6.07) is 16.7. The van der Waals surface area contributed by atoms with Crippen molar-refractivity contribution >= 4 is 27.9 Å². The summed E-state index contributed by atoms with van der Waals surface area (Å²) in [5.74, 6) is 0.357. The fraction of sp³-hybridized carbons (Fsp3) is 0.111. The molecule has 0 aliphatic rings. The van der Waals surface area contributed by atoms with Crippen molar-refractivity contribution in [3.05, 3.63) is 69.7 Å². The number of hydrogen-bond acceptors (Lipinski definition) is 3. The molecule has 0 unspecified atom stereocenters. The van der Waals surface area contributed by atoms with Crippen LogP contribution in [0.3, 0.4) is 0 Å². The quantitative estimate of drug-likeness (QED) is 0.644. The molecule has 116 valence electrons. The second-order valence-corrected chi connectivity index (χ2v) is 5.67. The van der Waals surface area contributed by atoms with E-state index in [0.717, 1.165) is 21.3 Å². The van der Waals surface area contributed by atoms with E-state index >= 15 is 0 Å². The summed E-state index contributed by atoms with van der Waals surface area (Å²) >= 11 is 3.36. The first-order chi connectivity index (χ1) is 11.1. The van der Waals surface area contributed by atoms with Crippen molar-refractivity contribution < 1.29 is 9.53 Å². The van der Waals surface area contributed by atoms with Gasteiger partial charge in [-0.3, -0.25) is 4.79 Å². The Morgan fingerprint density at radius 3 is 2.65 bits per heavy atom. The largest absolute Gasteiger partial charge is 0.497 e. The van der Waals surface area contributed by atoms with E-state index in [4.69, 9.17) is 4.74 Å². The van der Waals surface area contributed by atoms with Gasteiger partial charge in [0, 0.05) is 11.0 Å². The molecule has 1 amide bonds. The molecule has 0 aliphatic carbocycles. The summed E-state index contributed by atoms with van der Waals surface area (Å²) in [5.41, 5.74) is 1.78. The molecule has 0 bridgehead atoms. The third kappa shape index (κ3) is 4.97. The van der Waals surface area contributed by atoms with Gasteiger partial charge in [0.2, 0.25) is 0 Å². The average molecular weight is 371 g/mol. The van der Waals surface area contributed by atoms with Gasteiger partial charge in [-0.1, -0.05) is 40.2 Å². The maximum Gasteiger partial charge on any atom is 0.262 e. The van der Waals surface area contributed by atoms with Crippen LogP contribution in [0.1, 0.15) is 11.1 Å². The molecule has 0 spiro atoms. The van der Waals surface area contributed by atoms with Gasteiger partial charge >= 0.3 is 0 Å². The zero-order valence-corrected chi connectivity index (χ0v) is 14.1. The first kappa shape index (κ1) is 16.8. The molecule has 2 aromatic rings. The molecular weight excluding hydrogens is 356 g/mol. The van der Waals surface area contributed by atoms with E-state index in [1.54, 1.807) is 13.2 Å². The highest BCUT2D eigenvalue weighted by Crippen LogP contribution is 2.15. The highest BCUT2D eigenvalue weighted by atomic mass is 79.9. The maximum absolute atomic E-state index is 12.1. The molecular formula is C18H15BrN2O2. The van der Waals surface area contributed by atoms with Gasteiger partial charge in [-0.05, 0) is 41.5 Å². The number of ether oxygens (including phenoxy) is 1. The maximum atomic E-state index is 12.1. The first-order valence-corrected chi connectivity index (χ1v) is 7.70. The second-order valence-electron chi connectivity index (χ2n) is 4.76. The molecule has 2 rings (SSSR count). The van der Waals surface area contributed by atoms with Crippen LogP contribution in [0.25, 0.3) is 6.08 Å². The van der Waals surface area contributed by atoms with Gasteiger partial charge in [0.25, 0.3) is 5.91 Å². The van der Waals surface area contributed by atoms with Crippen LogP contribution in [0.15, 0.2) is 58.6 Å². The molecule has 0 aromatic heterocycles. The monoisotopic (exact) mass is 370 g/mol. The third-order valence-corrected chi connectivity index (χ3v) is 3.63. The predicted molar refractivity (Wildman–Crippen MR) is 92.6 cm³/mol. The molecule has 2 aromatic carbocycles. The van der Waals surface area contributed by atoms with E-state index in [2.05, 4.69) is 21.2 Å². The topological polar surface area (TPSA) is 62.1 Å². The van der Waals surface area contributed by atoms with Crippen LogP contribution in [-0.2, 0) is 11.3 Å². The van der Waals surface area contributed by atoms with Crippen LogP contribution in [-0.4, -0.2) is 13.0 Å². The zero-order chi connectivity index (χ0) is 16.7.